The first-order chi connectivity index (χ1) is 34.1. The summed E-state index contributed by atoms with van der Waals surface area (Å²) < 4.78 is 108. The molecule has 15 nitrogen and oxygen atoms in total. The summed E-state index contributed by atoms with van der Waals surface area (Å²) in [4.78, 5) is 23.6. The van der Waals surface area contributed by atoms with Crippen LogP contribution in [0.15, 0.2) is 163 Å². The van der Waals surface area contributed by atoms with Crippen LogP contribution in [0.4, 0.5) is 81.4 Å². The molecule has 0 atom stereocenters. The summed E-state index contributed by atoms with van der Waals surface area (Å²) in [6, 6.07) is 35.5. The van der Waals surface area contributed by atoms with Crippen molar-refractivity contribution < 1.29 is 39.9 Å². The molecule has 8 rings (SSSR count). The summed E-state index contributed by atoms with van der Waals surface area (Å²) in [7, 11) is 1.49. The highest BCUT2D eigenvalue weighted by Crippen LogP contribution is 2.33. The van der Waals surface area contributed by atoms with Gasteiger partial charge in [0.15, 0.2) is 23.3 Å². The molecule has 0 saturated carbocycles. The van der Waals surface area contributed by atoms with Gasteiger partial charge in [0.2, 0.25) is 17.8 Å². The number of alkyl halides is 6. The van der Waals surface area contributed by atoms with Gasteiger partial charge in [0.05, 0.1) is 66.3 Å². The number of nitrogens with one attached hydrogen (secondary N) is 6. The van der Waals surface area contributed by atoms with Gasteiger partial charge in [-0.05, 0) is 65.7 Å². The number of hydrogen-bond donors (Lipinski definition) is 7. The van der Waals surface area contributed by atoms with Crippen molar-refractivity contribution in [2.75, 3.05) is 39.2 Å². The SMILES string of the molecule is COc1ccc(Nc2cccc(C(F)(F)F)c2)cn1.Fc1cnc(N/N=C/c2ccc(Nc3cccc(C(F)(F)F)c3)cn2)nc1NCc1ccccc1.NNc1ncc(F)c(NCc2ccccc2)n1. The topological polar surface area (TPSA) is 197 Å². The summed E-state index contributed by atoms with van der Waals surface area (Å²) in [6.45, 7) is 0.876. The Morgan fingerprint density at radius 3 is 1.49 bits per heavy atom. The van der Waals surface area contributed by atoms with Gasteiger partial charge in [-0.3, -0.25) is 10.4 Å². The zero-order chi connectivity index (χ0) is 50.6. The number of nitrogen functional groups attached to an aromatic ring is 1. The molecule has 0 unspecified atom stereocenters. The molecule has 0 radical (unpaired) electrons. The molecule has 0 aliphatic carbocycles. The van der Waals surface area contributed by atoms with E-state index in [-0.39, 0.29) is 29.2 Å². The number of anilines is 8. The van der Waals surface area contributed by atoms with Crippen molar-refractivity contribution in [1.29, 1.82) is 0 Å². The average molecular weight is 983 g/mol. The second-order valence-electron chi connectivity index (χ2n) is 14.4. The van der Waals surface area contributed by atoms with E-state index in [1.807, 2.05) is 60.7 Å². The maximum atomic E-state index is 14.0. The van der Waals surface area contributed by atoms with Crippen molar-refractivity contribution >= 4 is 52.5 Å². The number of hydrazine groups is 1. The van der Waals surface area contributed by atoms with Crippen LogP contribution in [0.5, 0.6) is 5.88 Å². The van der Waals surface area contributed by atoms with Crippen molar-refractivity contribution in [2.45, 2.75) is 25.4 Å². The molecule has 0 spiro atoms. The standard InChI is InChI=1S/C24H19F4N7.C13H11F3N2O.C11H12FN5/c25-21-15-31-23(34-22(21)30-12-16-5-2-1-3-6-16)35-32-14-19-9-10-20(13-29-19)33-18-8-4-7-17(11-18)24(26,27)28;1-19-12-6-5-11(8-17-12)18-10-4-2-3-9(7-10)13(14,15)16;12-9-7-15-11(17-13)16-10(9)14-6-8-4-2-1-3-5-8/h1-11,13-15,33H,12H2,(H2,30,31,34,35);2-8,18H,1H3;1-5,7H,6,13H2,(H2,14,15,16,17)/b32-14+;;. The molecule has 0 amide bonds. The number of benzene rings is 4. The Morgan fingerprint density at radius 1 is 0.549 bits per heavy atom. The van der Waals surface area contributed by atoms with Gasteiger partial charge in [-0.2, -0.15) is 41.4 Å². The van der Waals surface area contributed by atoms with Crippen LogP contribution in [0, 0.1) is 11.6 Å². The Labute approximate surface area is 400 Å². The van der Waals surface area contributed by atoms with Crippen molar-refractivity contribution in [1.82, 2.24) is 29.9 Å². The Bertz CT molecular complexity index is 2930. The van der Waals surface area contributed by atoms with E-state index in [2.05, 4.69) is 67.1 Å². The summed E-state index contributed by atoms with van der Waals surface area (Å²) in [5.41, 5.74) is 7.63. The fourth-order valence-corrected chi connectivity index (χ4v) is 5.84. The highest BCUT2D eigenvalue weighted by molar-refractivity contribution is 5.78. The number of rotatable bonds is 15. The first-order valence-corrected chi connectivity index (χ1v) is 20.9. The average Bonchev–Trinajstić information content (AvgIpc) is 3.37. The lowest BCUT2D eigenvalue weighted by atomic mass is 10.2. The van der Waals surface area contributed by atoms with Crippen LogP contribution < -0.4 is 42.7 Å². The lowest BCUT2D eigenvalue weighted by molar-refractivity contribution is -0.138. The number of aromatic nitrogens is 6. The van der Waals surface area contributed by atoms with E-state index in [9.17, 15) is 35.1 Å². The molecule has 4 aromatic heterocycles. The lowest BCUT2D eigenvalue weighted by Crippen LogP contribution is -2.12. The second-order valence-corrected chi connectivity index (χ2v) is 14.4. The molecule has 0 aliphatic heterocycles. The normalized spacial score (nSPS) is 11.0. The predicted molar refractivity (Wildman–Crippen MR) is 255 cm³/mol. The van der Waals surface area contributed by atoms with Crippen LogP contribution in [0.3, 0.4) is 0 Å². The minimum Gasteiger partial charge on any atom is -0.481 e. The van der Waals surface area contributed by atoms with Gasteiger partial charge >= 0.3 is 12.4 Å². The molecular formula is C48H42F8N14O. The summed E-state index contributed by atoms with van der Waals surface area (Å²) in [5.74, 6) is 4.89. The zero-order valence-electron chi connectivity index (χ0n) is 37.1. The van der Waals surface area contributed by atoms with Crippen LogP contribution in [0.1, 0.15) is 27.9 Å². The number of ether oxygens (including phenoxy) is 1. The monoisotopic (exact) mass is 982 g/mol. The lowest BCUT2D eigenvalue weighted by Gasteiger charge is -2.10. The Hall–Kier alpha value is -8.99. The smallest absolute Gasteiger partial charge is 0.416 e. The van der Waals surface area contributed by atoms with Crippen LogP contribution >= 0.6 is 0 Å². The third-order valence-electron chi connectivity index (χ3n) is 9.27. The van der Waals surface area contributed by atoms with Crippen LogP contribution in [0.25, 0.3) is 0 Å². The van der Waals surface area contributed by atoms with Crippen molar-refractivity contribution in [3.63, 3.8) is 0 Å². The molecule has 8 aromatic rings. The van der Waals surface area contributed by atoms with Crippen molar-refractivity contribution in [3.05, 3.63) is 198 Å². The first kappa shape index (κ1) is 51.4. The molecule has 71 heavy (non-hydrogen) atoms. The number of nitrogens with two attached hydrogens (primary N) is 1. The molecule has 0 fully saturated rings. The van der Waals surface area contributed by atoms with Crippen LogP contribution in [-0.4, -0.2) is 43.2 Å². The summed E-state index contributed by atoms with van der Waals surface area (Å²) in [6.07, 6.45) is -2.33. The van der Waals surface area contributed by atoms with E-state index in [0.717, 1.165) is 47.8 Å². The number of methoxy groups -OCH3 is 1. The zero-order valence-corrected chi connectivity index (χ0v) is 37.1. The largest absolute Gasteiger partial charge is 0.481 e. The predicted octanol–water partition coefficient (Wildman–Crippen LogP) is 11.2. The quantitative estimate of drug-likeness (QED) is 0.0222. The maximum Gasteiger partial charge on any atom is 0.416 e. The number of hydrogen-bond acceptors (Lipinski definition) is 15. The molecule has 366 valence electrons. The number of hydrazone groups is 1. The van der Waals surface area contributed by atoms with Crippen molar-refractivity contribution in [2.24, 2.45) is 10.9 Å². The molecule has 8 N–H and O–H groups in total. The Balaban J connectivity index is 0.000000193. The van der Waals surface area contributed by atoms with Gasteiger partial charge in [-0.1, -0.05) is 72.8 Å². The van der Waals surface area contributed by atoms with E-state index in [1.54, 1.807) is 30.3 Å². The molecule has 0 bridgehead atoms. The highest BCUT2D eigenvalue weighted by atomic mass is 19.4. The van der Waals surface area contributed by atoms with Crippen molar-refractivity contribution in [3.8, 4) is 5.88 Å². The van der Waals surface area contributed by atoms with E-state index >= 15 is 0 Å². The second kappa shape index (κ2) is 24.9. The van der Waals surface area contributed by atoms with E-state index < -0.39 is 35.1 Å². The van der Waals surface area contributed by atoms with Gasteiger partial charge in [0.25, 0.3) is 0 Å². The fraction of sp³-hybridized carbons (Fsp3) is 0.104. The number of pyridine rings is 2. The molecule has 4 aromatic carbocycles. The van der Waals surface area contributed by atoms with Gasteiger partial charge in [-0.15, -0.1) is 0 Å². The third-order valence-corrected chi connectivity index (χ3v) is 9.27. The minimum absolute atomic E-state index is 0.0321. The third kappa shape index (κ3) is 16.6. The summed E-state index contributed by atoms with van der Waals surface area (Å²) in [5, 5.41) is 15.5. The van der Waals surface area contributed by atoms with E-state index in [0.29, 0.717) is 41.7 Å². The Morgan fingerprint density at radius 2 is 1.04 bits per heavy atom. The molecule has 23 heteroatoms. The molecule has 0 saturated heterocycles. The highest BCUT2D eigenvalue weighted by Gasteiger charge is 2.31. The fourth-order valence-electron chi connectivity index (χ4n) is 5.84. The van der Waals surface area contributed by atoms with E-state index in [1.165, 1.54) is 43.9 Å². The number of halogens is 8. The summed E-state index contributed by atoms with van der Waals surface area (Å²) >= 11 is 0. The van der Waals surface area contributed by atoms with Crippen LogP contribution in [-0.2, 0) is 25.4 Å². The first-order valence-electron chi connectivity index (χ1n) is 20.9. The Kier molecular flexibility index (Phi) is 18.0. The number of nitrogens with zero attached hydrogens (tertiary/aromatic N) is 7. The van der Waals surface area contributed by atoms with Crippen LogP contribution in [0.2, 0.25) is 0 Å². The van der Waals surface area contributed by atoms with Gasteiger partial charge < -0.3 is 26.0 Å². The minimum atomic E-state index is -4.42. The molecular weight excluding hydrogens is 941 g/mol. The van der Waals surface area contributed by atoms with E-state index in [4.69, 9.17) is 10.6 Å². The maximum absolute atomic E-state index is 14.0. The van der Waals surface area contributed by atoms with Gasteiger partial charge in [0, 0.05) is 30.5 Å². The molecule has 4 heterocycles. The van der Waals surface area contributed by atoms with Gasteiger partial charge in [0.1, 0.15) is 0 Å². The van der Waals surface area contributed by atoms with Gasteiger partial charge in [-0.25, -0.2) is 35.0 Å². The molecule has 0 aliphatic rings.